The lowest BCUT2D eigenvalue weighted by molar-refractivity contribution is 0.102. The highest BCUT2D eigenvalue weighted by atomic mass is 16.5. The Balaban J connectivity index is 1.56. The molecule has 0 aliphatic carbocycles. The van der Waals surface area contributed by atoms with Crippen LogP contribution in [0.1, 0.15) is 41.3 Å². The summed E-state index contributed by atoms with van der Waals surface area (Å²) in [5, 5.41) is 2.77. The van der Waals surface area contributed by atoms with Crippen LogP contribution in [-0.2, 0) is 6.61 Å². The number of carbonyl (C=O) groups is 1. The van der Waals surface area contributed by atoms with E-state index < -0.39 is 0 Å². The molecule has 0 aliphatic heterocycles. The SMILES string of the molecule is CCC(N)c1nc(C(=O)Nc2ccc(OCc3ccccc3)cc2)co1. The quantitative estimate of drug-likeness (QED) is 0.673. The zero-order valence-corrected chi connectivity index (χ0v) is 14.5. The molecule has 1 atom stereocenters. The number of carbonyl (C=O) groups excluding carboxylic acids is 1. The molecule has 3 rings (SSSR count). The molecule has 0 spiro atoms. The monoisotopic (exact) mass is 351 g/mol. The summed E-state index contributed by atoms with van der Waals surface area (Å²) in [6.07, 6.45) is 2.00. The van der Waals surface area contributed by atoms with Crippen molar-refractivity contribution in [3.8, 4) is 5.75 Å². The average molecular weight is 351 g/mol. The maximum Gasteiger partial charge on any atom is 0.277 e. The van der Waals surface area contributed by atoms with Crippen molar-refractivity contribution >= 4 is 11.6 Å². The second kappa shape index (κ2) is 8.31. The van der Waals surface area contributed by atoms with E-state index in [0.717, 1.165) is 11.3 Å². The summed E-state index contributed by atoms with van der Waals surface area (Å²) in [5.74, 6) is 0.744. The molecule has 1 unspecified atom stereocenters. The molecule has 3 aromatic rings. The Morgan fingerprint density at radius 1 is 1.19 bits per heavy atom. The number of amides is 1. The van der Waals surface area contributed by atoms with Gasteiger partial charge in [-0.25, -0.2) is 4.98 Å². The Kier molecular flexibility index (Phi) is 5.66. The Morgan fingerprint density at radius 3 is 2.62 bits per heavy atom. The van der Waals surface area contributed by atoms with Gasteiger partial charge in [0.05, 0.1) is 6.04 Å². The Bertz CT molecular complexity index is 844. The summed E-state index contributed by atoms with van der Waals surface area (Å²) in [7, 11) is 0. The normalized spacial score (nSPS) is 11.8. The van der Waals surface area contributed by atoms with E-state index in [1.165, 1.54) is 6.26 Å². The number of nitrogens with two attached hydrogens (primary N) is 1. The molecule has 26 heavy (non-hydrogen) atoms. The van der Waals surface area contributed by atoms with Crippen LogP contribution in [-0.4, -0.2) is 10.9 Å². The number of anilines is 1. The van der Waals surface area contributed by atoms with E-state index in [-0.39, 0.29) is 17.6 Å². The van der Waals surface area contributed by atoms with Gasteiger partial charge in [-0.15, -0.1) is 0 Å². The number of benzene rings is 2. The number of nitrogens with one attached hydrogen (secondary N) is 1. The molecule has 0 saturated carbocycles. The molecule has 1 heterocycles. The zero-order valence-electron chi connectivity index (χ0n) is 14.5. The first-order chi connectivity index (χ1) is 12.7. The van der Waals surface area contributed by atoms with Gasteiger partial charge in [-0.2, -0.15) is 0 Å². The van der Waals surface area contributed by atoms with Gasteiger partial charge >= 0.3 is 0 Å². The molecule has 3 N–H and O–H groups in total. The predicted molar refractivity (Wildman–Crippen MR) is 98.9 cm³/mol. The van der Waals surface area contributed by atoms with Crippen molar-refractivity contribution in [2.75, 3.05) is 5.32 Å². The van der Waals surface area contributed by atoms with E-state index >= 15 is 0 Å². The fourth-order valence-electron chi connectivity index (χ4n) is 2.31. The topological polar surface area (TPSA) is 90.4 Å². The maximum atomic E-state index is 12.2. The van der Waals surface area contributed by atoms with Crippen molar-refractivity contribution < 1.29 is 13.9 Å². The molecule has 0 fully saturated rings. The van der Waals surface area contributed by atoms with E-state index in [1.54, 1.807) is 24.3 Å². The molecule has 0 bridgehead atoms. The van der Waals surface area contributed by atoms with Gasteiger partial charge in [0.25, 0.3) is 5.91 Å². The Morgan fingerprint density at radius 2 is 1.92 bits per heavy atom. The van der Waals surface area contributed by atoms with Gasteiger partial charge < -0.3 is 20.2 Å². The first-order valence-electron chi connectivity index (χ1n) is 8.45. The number of nitrogens with zero attached hydrogens (tertiary/aromatic N) is 1. The molecular weight excluding hydrogens is 330 g/mol. The van der Waals surface area contributed by atoms with E-state index in [0.29, 0.717) is 24.6 Å². The highest BCUT2D eigenvalue weighted by Crippen LogP contribution is 2.18. The summed E-state index contributed by atoms with van der Waals surface area (Å²) in [6.45, 7) is 2.42. The molecule has 1 amide bonds. The lowest BCUT2D eigenvalue weighted by Gasteiger charge is -2.08. The van der Waals surface area contributed by atoms with Gasteiger partial charge in [0.2, 0.25) is 5.89 Å². The lowest BCUT2D eigenvalue weighted by atomic mass is 10.2. The summed E-state index contributed by atoms with van der Waals surface area (Å²) >= 11 is 0. The predicted octanol–water partition coefficient (Wildman–Crippen LogP) is 3.92. The van der Waals surface area contributed by atoms with Crippen molar-refractivity contribution in [1.82, 2.24) is 4.98 Å². The van der Waals surface area contributed by atoms with Crippen LogP contribution in [0.15, 0.2) is 65.3 Å². The summed E-state index contributed by atoms with van der Waals surface area (Å²) in [6, 6.07) is 16.8. The molecule has 1 aromatic heterocycles. The number of rotatable bonds is 7. The van der Waals surface area contributed by atoms with Crippen molar-refractivity contribution in [3.63, 3.8) is 0 Å². The van der Waals surface area contributed by atoms with Crippen molar-refractivity contribution in [2.45, 2.75) is 26.0 Å². The zero-order chi connectivity index (χ0) is 18.4. The number of oxazole rings is 1. The van der Waals surface area contributed by atoms with Crippen molar-refractivity contribution in [3.05, 3.63) is 78.0 Å². The van der Waals surface area contributed by atoms with E-state index in [2.05, 4.69) is 10.3 Å². The molecule has 134 valence electrons. The molecule has 0 saturated heterocycles. The molecule has 6 heteroatoms. The largest absolute Gasteiger partial charge is 0.489 e. The van der Waals surface area contributed by atoms with Crippen molar-refractivity contribution in [1.29, 1.82) is 0 Å². The van der Waals surface area contributed by atoms with Gasteiger partial charge in [-0.3, -0.25) is 4.79 Å². The van der Waals surface area contributed by atoms with Crippen LogP contribution in [0.3, 0.4) is 0 Å². The van der Waals surface area contributed by atoms with Crippen LogP contribution >= 0.6 is 0 Å². The smallest absolute Gasteiger partial charge is 0.277 e. The lowest BCUT2D eigenvalue weighted by Crippen LogP contribution is -2.14. The summed E-state index contributed by atoms with van der Waals surface area (Å²) in [5.41, 5.74) is 7.79. The minimum Gasteiger partial charge on any atom is -0.489 e. The highest BCUT2D eigenvalue weighted by Gasteiger charge is 2.16. The molecule has 0 aliphatic rings. The molecule has 0 radical (unpaired) electrons. The van der Waals surface area contributed by atoms with Crippen LogP contribution < -0.4 is 15.8 Å². The number of hydrogen-bond acceptors (Lipinski definition) is 5. The molecule has 2 aromatic carbocycles. The van der Waals surface area contributed by atoms with Crippen LogP contribution in [0.25, 0.3) is 0 Å². The number of hydrogen-bond donors (Lipinski definition) is 2. The Hall–Kier alpha value is -3.12. The van der Waals surface area contributed by atoms with E-state index in [1.807, 2.05) is 37.3 Å². The van der Waals surface area contributed by atoms with Crippen LogP contribution in [0.5, 0.6) is 5.75 Å². The first kappa shape index (κ1) is 17.7. The van der Waals surface area contributed by atoms with Gasteiger partial charge in [0.15, 0.2) is 5.69 Å². The standard InChI is InChI=1S/C20H21N3O3/c1-2-17(21)20-23-18(13-26-20)19(24)22-15-8-10-16(11-9-15)25-12-14-6-4-3-5-7-14/h3-11,13,17H,2,12,21H2,1H3,(H,22,24). The third-order valence-corrected chi connectivity index (χ3v) is 3.87. The number of ether oxygens (including phenoxy) is 1. The van der Waals surface area contributed by atoms with Crippen molar-refractivity contribution in [2.24, 2.45) is 5.73 Å². The fourth-order valence-corrected chi connectivity index (χ4v) is 2.31. The first-order valence-corrected chi connectivity index (χ1v) is 8.45. The average Bonchev–Trinajstić information content (AvgIpc) is 3.18. The van der Waals surface area contributed by atoms with Gasteiger partial charge in [-0.1, -0.05) is 37.3 Å². The van der Waals surface area contributed by atoms with E-state index in [9.17, 15) is 4.79 Å². The van der Waals surface area contributed by atoms with Gasteiger partial charge in [0, 0.05) is 5.69 Å². The van der Waals surface area contributed by atoms with Gasteiger partial charge in [0.1, 0.15) is 18.6 Å². The fraction of sp³-hybridized carbons (Fsp3) is 0.200. The second-order valence-electron chi connectivity index (χ2n) is 5.84. The molecular formula is C20H21N3O3. The van der Waals surface area contributed by atoms with Crippen LogP contribution in [0, 0.1) is 0 Å². The minimum atomic E-state index is -0.346. The summed E-state index contributed by atoms with van der Waals surface area (Å²) < 4.78 is 11.0. The van der Waals surface area contributed by atoms with E-state index in [4.69, 9.17) is 14.9 Å². The third kappa shape index (κ3) is 4.49. The second-order valence-corrected chi connectivity index (χ2v) is 5.84. The summed E-state index contributed by atoms with van der Waals surface area (Å²) in [4.78, 5) is 16.4. The number of aromatic nitrogens is 1. The molecule has 6 nitrogen and oxygen atoms in total. The third-order valence-electron chi connectivity index (χ3n) is 3.87. The highest BCUT2D eigenvalue weighted by molar-refractivity contribution is 6.02. The van der Waals surface area contributed by atoms with Crippen LogP contribution in [0.4, 0.5) is 5.69 Å². The van der Waals surface area contributed by atoms with Crippen LogP contribution in [0.2, 0.25) is 0 Å². The Labute approximate surface area is 152 Å². The minimum absolute atomic E-state index is 0.202. The van der Waals surface area contributed by atoms with Gasteiger partial charge in [-0.05, 0) is 36.2 Å². The maximum absolute atomic E-state index is 12.2.